The molecular weight excluding hydrogens is 536 g/mol. The van der Waals surface area contributed by atoms with E-state index in [0.717, 1.165) is 16.7 Å². The van der Waals surface area contributed by atoms with Crippen molar-refractivity contribution in [1.29, 1.82) is 0 Å². The minimum absolute atomic E-state index is 0.0198. The van der Waals surface area contributed by atoms with E-state index < -0.39 is 16.3 Å². The molecule has 7 nitrogen and oxygen atoms in total. The normalized spacial score (nSPS) is 20.0. The molecule has 0 amide bonds. The van der Waals surface area contributed by atoms with E-state index in [-0.39, 0.29) is 29.8 Å². The fraction of sp³-hybridized carbons (Fsp3) is 0.273. The van der Waals surface area contributed by atoms with Gasteiger partial charge in [-0.2, -0.15) is 0 Å². The maximum atomic E-state index is 12.9. The fourth-order valence-corrected chi connectivity index (χ4v) is 6.13. The summed E-state index contributed by atoms with van der Waals surface area (Å²) in [5.74, 6) is 0. The standard InChI is InChI=1S/C33H36N2O5S/c1-24(26-10-5-3-6-11-26)35(2)22-30-21-32(27-18-16-25(23-36)17-19-27)40-33(39-30)28-12-9-13-29(20-28)34-41(37,38)31-14-7-4-8-15-31/h3-20,24,30,32-34,36H,21-23H2,1-2H3. The van der Waals surface area contributed by atoms with Crippen molar-refractivity contribution in [3.63, 3.8) is 0 Å². The van der Waals surface area contributed by atoms with Crippen LogP contribution >= 0.6 is 0 Å². The van der Waals surface area contributed by atoms with Crippen LogP contribution in [0.4, 0.5) is 5.69 Å². The molecule has 0 saturated carbocycles. The summed E-state index contributed by atoms with van der Waals surface area (Å²) in [6.45, 7) is 2.84. The zero-order valence-corrected chi connectivity index (χ0v) is 24.1. The van der Waals surface area contributed by atoms with Gasteiger partial charge in [0.1, 0.15) is 0 Å². The van der Waals surface area contributed by atoms with E-state index in [1.165, 1.54) is 5.56 Å². The summed E-state index contributed by atoms with van der Waals surface area (Å²) in [6, 6.07) is 33.8. The average molecular weight is 573 g/mol. The van der Waals surface area contributed by atoms with Crippen LogP contribution in [0.15, 0.2) is 114 Å². The lowest BCUT2D eigenvalue weighted by molar-refractivity contribution is -0.253. The number of ether oxygens (including phenoxy) is 2. The Balaban J connectivity index is 1.38. The molecule has 0 aliphatic carbocycles. The third-order valence-electron chi connectivity index (χ3n) is 7.51. The van der Waals surface area contributed by atoms with Crippen molar-refractivity contribution in [3.05, 3.63) is 131 Å². The molecule has 0 bridgehead atoms. The Kier molecular flexibility index (Phi) is 9.17. The van der Waals surface area contributed by atoms with Gasteiger partial charge in [0, 0.05) is 30.3 Å². The molecule has 8 heteroatoms. The third-order valence-corrected chi connectivity index (χ3v) is 8.91. The fourth-order valence-electron chi connectivity index (χ4n) is 5.06. The maximum absolute atomic E-state index is 12.9. The van der Waals surface area contributed by atoms with Gasteiger partial charge in [-0.3, -0.25) is 9.62 Å². The van der Waals surface area contributed by atoms with Gasteiger partial charge in [-0.15, -0.1) is 0 Å². The van der Waals surface area contributed by atoms with E-state index in [4.69, 9.17) is 9.47 Å². The Morgan fingerprint density at radius 2 is 1.56 bits per heavy atom. The molecule has 0 aromatic heterocycles. The second kappa shape index (κ2) is 13.0. The highest BCUT2D eigenvalue weighted by molar-refractivity contribution is 7.92. The molecule has 1 fully saturated rings. The van der Waals surface area contributed by atoms with Crippen molar-refractivity contribution >= 4 is 15.7 Å². The van der Waals surface area contributed by atoms with Crippen LogP contribution in [0.2, 0.25) is 0 Å². The summed E-state index contributed by atoms with van der Waals surface area (Å²) in [5.41, 5.74) is 4.22. The largest absolute Gasteiger partial charge is 0.392 e. The van der Waals surface area contributed by atoms with Crippen molar-refractivity contribution in [2.24, 2.45) is 0 Å². The lowest BCUT2D eigenvalue weighted by Gasteiger charge is -2.39. The molecule has 4 unspecified atom stereocenters. The zero-order valence-electron chi connectivity index (χ0n) is 23.3. The van der Waals surface area contributed by atoms with Gasteiger partial charge in [-0.1, -0.05) is 84.9 Å². The molecule has 1 aliphatic heterocycles. The number of sulfonamides is 1. The number of nitrogens with zero attached hydrogens (tertiary/aromatic N) is 1. The quantitative estimate of drug-likeness (QED) is 0.235. The minimum atomic E-state index is -3.74. The van der Waals surface area contributed by atoms with Crippen LogP contribution in [-0.2, 0) is 26.1 Å². The highest BCUT2D eigenvalue weighted by atomic mass is 32.2. The number of likely N-dealkylation sites (N-methyl/N-ethyl adjacent to an activating group) is 1. The van der Waals surface area contributed by atoms with Crippen LogP contribution in [0.3, 0.4) is 0 Å². The lowest BCUT2D eigenvalue weighted by atomic mass is 9.99. The van der Waals surface area contributed by atoms with Crippen molar-refractivity contribution in [3.8, 4) is 0 Å². The van der Waals surface area contributed by atoms with Crippen molar-refractivity contribution < 1.29 is 23.0 Å². The third kappa shape index (κ3) is 7.22. The average Bonchev–Trinajstić information content (AvgIpc) is 3.01. The molecule has 5 rings (SSSR count). The van der Waals surface area contributed by atoms with Crippen LogP contribution in [0.1, 0.15) is 54.0 Å². The predicted octanol–water partition coefficient (Wildman–Crippen LogP) is 6.22. The zero-order chi connectivity index (χ0) is 28.8. The molecule has 1 aliphatic rings. The highest BCUT2D eigenvalue weighted by Crippen LogP contribution is 2.39. The number of aliphatic hydroxyl groups excluding tert-OH is 1. The SMILES string of the molecule is CC(c1ccccc1)N(C)CC1CC(c2ccc(CO)cc2)OC(c2cccc(NS(=O)(=O)c3ccccc3)c2)O1. The molecule has 0 radical (unpaired) electrons. The molecule has 1 heterocycles. The van der Waals surface area contributed by atoms with Gasteiger partial charge in [0.15, 0.2) is 6.29 Å². The summed E-state index contributed by atoms with van der Waals surface area (Å²) in [7, 11) is -1.65. The van der Waals surface area contributed by atoms with E-state index >= 15 is 0 Å². The molecule has 4 atom stereocenters. The Morgan fingerprint density at radius 1 is 0.878 bits per heavy atom. The van der Waals surface area contributed by atoms with Crippen molar-refractivity contribution in [2.75, 3.05) is 18.3 Å². The Labute approximate surface area is 242 Å². The number of nitrogens with one attached hydrogen (secondary N) is 1. The summed E-state index contributed by atoms with van der Waals surface area (Å²) in [4.78, 5) is 2.47. The summed E-state index contributed by atoms with van der Waals surface area (Å²) < 4.78 is 41.5. The van der Waals surface area contributed by atoms with E-state index in [2.05, 4.69) is 35.7 Å². The minimum Gasteiger partial charge on any atom is -0.392 e. The van der Waals surface area contributed by atoms with Crippen LogP contribution in [0.5, 0.6) is 0 Å². The summed E-state index contributed by atoms with van der Waals surface area (Å²) >= 11 is 0. The summed E-state index contributed by atoms with van der Waals surface area (Å²) in [6.07, 6.45) is -0.423. The van der Waals surface area contributed by atoms with Crippen molar-refractivity contribution in [1.82, 2.24) is 4.90 Å². The molecule has 4 aromatic rings. The first-order valence-corrected chi connectivity index (χ1v) is 15.2. The number of anilines is 1. The van der Waals surface area contributed by atoms with Gasteiger partial charge in [0.05, 0.1) is 23.7 Å². The molecule has 4 aromatic carbocycles. The van der Waals surface area contributed by atoms with Crippen LogP contribution in [0, 0.1) is 0 Å². The van der Waals surface area contributed by atoms with E-state index in [9.17, 15) is 13.5 Å². The molecular formula is C33H36N2O5S. The first-order chi connectivity index (χ1) is 19.8. The lowest BCUT2D eigenvalue weighted by Crippen LogP contribution is -2.38. The molecule has 41 heavy (non-hydrogen) atoms. The first kappa shape index (κ1) is 29.0. The topological polar surface area (TPSA) is 88.1 Å². The van der Waals surface area contributed by atoms with Crippen LogP contribution in [-0.4, -0.2) is 38.1 Å². The smallest absolute Gasteiger partial charge is 0.261 e. The van der Waals surface area contributed by atoms with E-state index in [1.54, 1.807) is 48.5 Å². The van der Waals surface area contributed by atoms with Gasteiger partial charge in [-0.05, 0) is 54.9 Å². The second-order valence-corrected chi connectivity index (χ2v) is 12.1. The highest BCUT2D eigenvalue weighted by Gasteiger charge is 2.33. The Bertz CT molecular complexity index is 1510. The second-order valence-electron chi connectivity index (χ2n) is 10.4. The number of rotatable bonds is 10. The Morgan fingerprint density at radius 3 is 2.24 bits per heavy atom. The Hall–Kier alpha value is -3.53. The number of benzene rings is 4. The number of hydrogen-bond donors (Lipinski definition) is 2. The van der Waals surface area contributed by atoms with Crippen LogP contribution < -0.4 is 4.72 Å². The van der Waals surface area contributed by atoms with E-state index in [1.807, 2.05) is 48.5 Å². The molecule has 1 saturated heterocycles. The molecule has 214 valence electrons. The summed E-state index contributed by atoms with van der Waals surface area (Å²) in [5, 5.41) is 9.49. The predicted molar refractivity (Wildman–Crippen MR) is 160 cm³/mol. The number of hydrogen-bond acceptors (Lipinski definition) is 6. The van der Waals surface area contributed by atoms with Gasteiger partial charge in [0.25, 0.3) is 10.0 Å². The molecule has 2 N–H and O–H groups in total. The van der Waals surface area contributed by atoms with Gasteiger partial charge in [-0.25, -0.2) is 8.42 Å². The number of aliphatic hydroxyl groups is 1. The van der Waals surface area contributed by atoms with Gasteiger partial charge >= 0.3 is 0 Å². The van der Waals surface area contributed by atoms with Crippen molar-refractivity contribution in [2.45, 2.75) is 49.4 Å². The monoisotopic (exact) mass is 572 g/mol. The van der Waals surface area contributed by atoms with Gasteiger partial charge < -0.3 is 14.6 Å². The maximum Gasteiger partial charge on any atom is 0.261 e. The van der Waals surface area contributed by atoms with Crippen LogP contribution in [0.25, 0.3) is 0 Å². The van der Waals surface area contributed by atoms with Gasteiger partial charge in [0.2, 0.25) is 0 Å². The van der Waals surface area contributed by atoms with E-state index in [0.29, 0.717) is 18.7 Å². The molecule has 0 spiro atoms. The first-order valence-electron chi connectivity index (χ1n) is 13.8.